The van der Waals surface area contributed by atoms with Crippen LogP contribution in [0.2, 0.25) is 0 Å². The zero-order chi connectivity index (χ0) is 11.6. The Hall–Kier alpha value is -0.570. The number of nitrogens with two attached hydrogens (primary N) is 1. The van der Waals surface area contributed by atoms with Crippen molar-refractivity contribution >= 4 is 5.91 Å². The van der Waals surface area contributed by atoms with Gasteiger partial charge < -0.3 is 10.6 Å². The second-order valence-electron chi connectivity index (χ2n) is 5.40. The number of amides is 1. The number of carbonyl (C=O) groups excluding carboxylic acids is 1. The van der Waals surface area contributed by atoms with E-state index in [0.717, 1.165) is 25.7 Å². The van der Waals surface area contributed by atoms with Gasteiger partial charge in [-0.2, -0.15) is 0 Å². The molecule has 0 spiro atoms. The molecule has 88 valence electrons. The van der Waals surface area contributed by atoms with Crippen molar-refractivity contribution in [2.45, 2.75) is 58.0 Å². The van der Waals surface area contributed by atoms with E-state index in [4.69, 9.17) is 5.73 Å². The van der Waals surface area contributed by atoms with Crippen molar-refractivity contribution in [2.75, 3.05) is 7.05 Å². The van der Waals surface area contributed by atoms with Crippen molar-refractivity contribution in [3.05, 3.63) is 0 Å². The fourth-order valence-corrected chi connectivity index (χ4v) is 2.16. The van der Waals surface area contributed by atoms with Gasteiger partial charge in [-0.25, -0.2) is 0 Å². The first-order valence-corrected chi connectivity index (χ1v) is 5.93. The molecule has 1 rings (SSSR count). The zero-order valence-electron chi connectivity index (χ0n) is 10.4. The van der Waals surface area contributed by atoms with E-state index in [1.807, 2.05) is 11.9 Å². The molecule has 0 aliphatic heterocycles. The lowest BCUT2D eigenvalue weighted by atomic mass is 9.76. The third-order valence-electron chi connectivity index (χ3n) is 3.47. The summed E-state index contributed by atoms with van der Waals surface area (Å²) in [7, 11) is 1.88. The van der Waals surface area contributed by atoms with E-state index in [0.29, 0.717) is 12.0 Å². The third-order valence-corrected chi connectivity index (χ3v) is 3.47. The van der Waals surface area contributed by atoms with E-state index in [9.17, 15) is 4.79 Å². The Balaban J connectivity index is 2.52. The molecule has 0 bridgehead atoms. The normalized spacial score (nSPS) is 20.9. The number of carbonyl (C=O) groups is 1. The van der Waals surface area contributed by atoms with Crippen LogP contribution < -0.4 is 5.73 Å². The second-order valence-corrected chi connectivity index (χ2v) is 5.40. The Morgan fingerprint density at radius 2 is 1.93 bits per heavy atom. The monoisotopic (exact) mass is 212 g/mol. The van der Waals surface area contributed by atoms with Crippen LogP contribution in [0, 0.1) is 5.92 Å². The quantitative estimate of drug-likeness (QED) is 0.772. The molecule has 0 aromatic heterocycles. The summed E-state index contributed by atoms with van der Waals surface area (Å²) < 4.78 is 0. The smallest absolute Gasteiger partial charge is 0.242 e. The van der Waals surface area contributed by atoms with Gasteiger partial charge in [0.25, 0.3) is 0 Å². The Kier molecular flexibility index (Phi) is 3.77. The van der Waals surface area contributed by atoms with Crippen molar-refractivity contribution in [3.8, 4) is 0 Å². The van der Waals surface area contributed by atoms with Gasteiger partial charge in [0, 0.05) is 13.1 Å². The van der Waals surface area contributed by atoms with Crippen molar-refractivity contribution in [1.29, 1.82) is 0 Å². The van der Waals surface area contributed by atoms with Crippen molar-refractivity contribution in [2.24, 2.45) is 11.7 Å². The first kappa shape index (κ1) is 12.5. The van der Waals surface area contributed by atoms with Gasteiger partial charge in [-0.1, -0.05) is 13.8 Å². The van der Waals surface area contributed by atoms with E-state index < -0.39 is 5.54 Å². The number of hydrogen-bond acceptors (Lipinski definition) is 2. The molecule has 1 saturated carbocycles. The summed E-state index contributed by atoms with van der Waals surface area (Å²) in [6.07, 6.45) is 3.84. The minimum Gasteiger partial charge on any atom is -0.341 e. The van der Waals surface area contributed by atoms with Crippen LogP contribution in [0.1, 0.15) is 46.5 Å². The van der Waals surface area contributed by atoms with Gasteiger partial charge in [0.1, 0.15) is 0 Å². The third kappa shape index (κ3) is 2.71. The highest BCUT2D eigenvalue weighted by Crippen LogP contribution is 2.31. The maximum absolute atomic E-state index is 12.1. The zero-order valence-corrected chi connectivity index (χ0v) is 10.4. The summed E-state index contributed by atoms with van der Waals surface area (Å²) in [5.74, 6) is 0.743. The first-order chi connectivity index (χ1) is 6.87. The van der Waals surface area contributed by atoms with Gasteiger partial charge in [0.2, 0.25) is 5.91 Å². The average Bonchev–Trinajstić information content (AvgIpc) is 2.10. The molecule has 0 aromatic carbocycles. The molecule has 1 atom stereocenters. The van der Waals surface area contributed by atoms with Crippen molar-refractivity contribution in [1.82, 2.24) is 4.90 Å². The highest BCUT2D eigenvalue weighted by molar-refractivity contribution is 5.87. The predicted octanol–water partition coefficient (Wildman–Crippen LogP) is 1.76. The van der Waals surface area contributed by atoms with Gasteiger partial charge >= 0.3 is 0 Å². The minimum atomic E-state index is -0.542. The molecule has 0 radical (unpaired) electrons. The van der Waals surface area contributed by atoms with Gasteiger partial charge in [0.05, 0.1) is 5.54 Å². The van der Waals surface area contributed by atoms with Crippen LogP contribution in [0.25, 0.3) is 0 Å². The van der Waals surface area contributed by atoms with Crippen LogP contribution in [0.5, 0.6) is 0 Å². The van der Waals surface area contributed by atoms with E-state index >= 15 is 0 Å². The molecule has 0 heterocycles. The lowest BCUT2D eigenvalue weighted by Gasteiger charge is -2.41. The van der Waals surface area contributed by atoms with Crippen LogP contribution >= 0.6 is 0 Å². The fraction of sp³-hybridized carbons (Fsp3) is 0.917. The van der Waals surface area contributed by atoms with Gasteiger partial charge in [-0.15, -0.1) is 0 Å². The van der Waals surface area contributed by atoms with E-state index in [1.54, 1.807) is 0 Å². The molecule has 0 saturated heterocycles. The van der Waals surface area contributed by atoms with Crippen LogP contribution in [0.4, 0.5) is 0 Å². The molecule has 1 aliphatic carbocycles. The Morgan fingerprint density at radius 3 is 2.27 bits per heavy atom. The van der Waals surface area contributed by atoms with Crippen LogP contribution in [-0.4, -0.2) is 29.4 Å². The molecule has 15 heavy (non-hydrogen) atoms. The maximum Gasteiger partial charge on any atom is 0.242 e. The maximum atomic E-state index is 12.1. The Morgan fingerprint density at radius 1 is 1.40 bits per heavy atom. The van der Waals surface area contributed by atoms with E-state index in [1.165, 1.54) is 0 Å². The van der Waals surface area contributed by atoms with E-state index in [2.05, 4.69) is 20.8 Å². The molecule has 1 amide bonds. The molecule has 2 N–H and O–H groups in total. The Bertz CT molecular complexity index is 234. The summed E-state index contributed by atoms with van der Waals surface area (Å²) in [6, 6.07) is 0.290. The van der Waals surface area contributed by atoms with Crippen LogP contribution in [0.3, 0.4) is 0 Å². The first-order valence-electron chi connectivity index (χ1n) is 5.93. The van der Waals surface area contributed by atoms with Crippen molar-refractivity contribution in [3.63, 3.8) is 0 Å². The lowest BCUT2D eigenvalue weighted by molar-refractivity contribution is -0.140. The standard InChI is InChI=1S/C12H24N2O/c1-9(2)8-10(3)14(4)11(15)12(13)6-5-7-12/h9-10H,5-8,13H2,1-4H3. The summed E-state index contributed by atoms with van der Waals surface area (Å²) in [4.78, 5) is 13.9. The molecule has 1 aliphatic rings. The Labute approximate surface area is 93.0 Å². The van der Waals surface area contributed by atoms with Gasteiger partial charge in [-0.05, 0) is 38.5 Å². The predicted molar refractivity (Wildman–Crippen MR) is 62.5 cm³/mol. The van der Waals surface area contributed by atoms with Gasteiger partial charge in [-0.3, -0.25) is 4.79 Å². The lowest BCUT2D eigenvalue weighted by Crippen LogP contribution is -2.60. The van der Waals surface area contributed by atoms with Crippen LogP contribution in [0.15, 0.2) is 0 Å². The highest BCUT2D eigenvalue weighted by Gasteiger charge is 2.42. The van der Waals surface area contributed by atoms with Crippen LogP contribution in [-0.2, 0) is 4.79 Å². The summed E-state index contributed by atoms with van der Waals surface area (Å²) in [5, 5.41) is 0. The molecular formula is C12H24N2O. The number of hydrogen-bond donors (Lipinski definition) is 1. The second kappa shape index (κ2) is 4.52. The summed E-state index contributed by atoms with van der Waals surface area (Å²) in [5.41, 5.74) is 5.48. The SMILES string of the molecule is CC(C)CC(C)N(C)C(=O)C1(N)CCC1. The summed E-state index contributed by atoms with van der Waals surface area (Å²) >= 11 is 0. The van der Waals surface area contributed by atoms with Crippen molar-refractivity contribution < 1.29 is 4.79 Å². The molecule has 3 heteroatoms. The molecule has 1 unspecified atom stereocenters. The van der Waals surface area contributed by atoms with E-state index in [-0.39, 0.29) is 5.91 Å². The fourth-order valence-electron chi connectivity index (χ4n) is 2.16. The molecule has 3 nitrogen and oxygen atoms in total. The average molecular weight is 212 g/mol. The largest absolute Gasteiger partial charge is 0.341 e. The van der Waals surface area contributed by atoms with Gasteiger partial charge in [0.15, 0.2) is 0 Å². The number of nitrogens with zero attached hydrogens (tertiary/aromatic N) is 1. The summed E-state index contributed by atoms with van der Waals surface area (Å²) in [6.45, 7) is 6.45. The molecule has 0 aromatic rings. The minimum absolute atomic E-state index is 0.127. The molecule has 1 fully saturated rings. The highest BCUT2D eigenvalue weighted by atomic mass is 16.2. The number of rotatable bonds is 4. The topological polar surface area (TPSA) is 46.3 Å². The number of likely N-dealkylation sites (N-methyl/N-ethyl adjacent to an activating group) is 1. The molecular weight excluding hydrogens is 188 g/mol.